The number of allylic oxidation sites excluding steroid dienone is 2. The Labute approximate surface area is 129 Å². The smallest absolute Gasteiger partial charge is 0.231 e. The Morgan fingerprint density at radius 1 is 1.14 bits per heavy atom. The quantitative estimate of drug-likeness (QED) is 0.782. The summed E-state index contributed by atoms with van der Waals surface area (Å²) in [4.78, 5) is 3.98. The molecule has 0 aromatic carbocycles. The molecule has 118 valence electrons. The first-order valence-electron chi connectivity index (χ1n) is 8.16. The summed E-state index contributed by atoms with van der Waals surface area (Å²) >= 11 is 0. The molecule has 21 heavy (non-hydrogen) atoms. The van der Waals surface area contributed by atoms with Crippen LogP contribution in [-0.2, 0) is 9.47 Å². The maximum atomic E-state index is 5.63. The van der Waals surface area contributed by atoms with Crippen LogP contribution in [0.25, 0.3) is 0 Å². The Bertz CT molecular complexity index is 490. The van der Waals surface area contributed by atoms with Crippen LogP contribution in [0.1, 0.15) is 34.1 Å². The first-order chi connectivity index (χ1) is 9.67. The molecule has 3 aliphatic rings. The average molecular weight is 308 g/mol. The van der Waals surface area contributed by atoms with Crippen molar-refractivity contribution in [1.82, 2.24) is 4.98 Å². The molecule has 4 heteroatoms. The first kappa shape index (κ1) is 15.2. The topological polar surface area (TPSA) is 30.5 Å². The minimum Gasteiger partial charge on any atom is -0.454 e. The standard InChI is InChI=1S/C17H29NO2Si/c1-11-7-12-8-14-15(20-10-19-14)9-13(12)16(11)21(5,6)18-17(2,3)4/h8-9,11-13,16,18H,7,10H2,1-6H3. The molecule has 1 aliphatic heterocycles. The normalized spacial score (nSPS) is 35.3. The molecule has 0 spiro atoms. The zero-order chi connectivity index (χ0) is 15.4. The van der Waals surface area contributed by atoms with Crippen LogP contribution in [0, 0.1) is 17.8 Å². The Morgan fingerprint density at radius 3 is 2.38 bits per heavy atom. The van der Waals surface area contributed by atoms with Crippen molar-refractivity contribution in [3.63, 3.8) is 0 Å². The molecule has 1 saturated heterocycles. The molecular formula is C17H29NO2Si. The largest absolute Gasteiger partial charge is 0.454 e. The van der Waals surface area contributed by atoms with Crippen LogP contribution in [0.5, 0.6) is 0 Å². The molecule has 3 nitrogen and oxygen atoms in total. The predicted octanol–water partition coefficient (Wildman–Crippen LogP) is 4.01. The van der Waals surface area contributed by atoms with Crippen molar-refractivity contribution < 1.29 is 9.47 Å². The molecule has 1 saturated carbocycles. The number of hydrogen-bond acceptors (Lipinski definition) is 3. The third-order valence-electron chi connectivity index (χ3n) is 5.08. The summed E-state index contributed by atoms with van der Waals surface area (Å²) in [5.41, 5.74) is 0.930. The second kappa shape index (κ2) is 4.88. The van der Waals surface area contributed by atoms with Crippen molar-refractivity contribution in [2.75, 3.05) is 6.79 Å². The summed E-state index contributed by atoms with van der Waals surface area (Å²) in [6.07, 6.45) is 5.96. The van der Waals surface area contributed by atoms with Gasteiger partial charge in [-0.2, -0.15) is 0 Å². The van der Waals surface area contributed by atoms with Gasteiger partial charge in [0.2, 0.25) is 6.79 Å². The van der Waals surface area contributed by atoms with E-state index in [9.17, 15) is 0 Å². The fraction of sp³-hybridized carbons (Fsp3) is 0.765. The van der Waals surface area contributed by atoms with Crippen LogP contribution >= 0.6 is 0 Å². The average Bonchev–Trinajstić information content (AvgIpc) is 2.83. The maximum absolute atomic E-state index is 5.63. The summed E-state index contributed by atoms with van der Waals surface area (Å²) in [5.74, 6) is 3.95. The van der Waals surface area contributed by atoms with Gasteiger partial charge >= 0.3 is 0 Å². The lowest BCUT2D eigenvalue weighted by Crippen LogP contribution is -2.58. The van der Waals surface area contributed by atoms with Gasteiger partial charge in [-0.05, 0) is 62.6 Å². The highest BCUT2D eigenvalue weighted by molar-refractivity contribution is 6.76. The summed E-state index contributed by atoms with van der Waals surface area (Å²) < 4.78 is 11.2. The molecule has 0 bridgehead atoms. The summed E-state index contributed by atoms with van der Waals surface area (Å²) in [6.45, 7) is 14.6. The van der Waals surface area contributed by atoms with Crippen LogP contribution in [0.15, 0.2) is 23.7 Å². The Morgan fingerprint density at radius 2 is 1.76 bits per heavy atom. The number of rotatable bonds is 2. The van der Waals surface area contributed by atoms with E-state index in [1.165, 1.54) is 6.42 Å². The minimum absolute atomic E-state index is 0.184. The molecule has 2 aliphatic carbocycles. The fourth-order valence-electron chi connectivity index (χ4n) is 4.96. The van der Waals surface area contributed by atoms with E-state index in [1.807, 2.05) is 0 Å². The third-order valence-corrected chi connectivity index (χ3v) is 9.09. The van der Waals surface area contributed by atoms with E-state index < -0.39 is 8.24 Å². The Kier molecular flexibility index (Phi) is 3.53. The second-order valence-corrected chi connectivity index (χ2v) is 12.9. The van der Waals surface area contributed by atoms with Crippen molar-refractivity contribution in [3.05, 3.63) is 23.7 Å². The van der Waals surface area contributed by atoms with Gasteiger partial charge < -0.3 is 14.5 Å². The molecule has 0 aromatic rings. The molecule has 0 amide bonds. The van der Waals surface area contributed by atoms with E-state index in [4.69, 9.17) is 9.47 Å². The lowest BCUT2D eigenvalue weighted by atomic mass is 9.90. The highest BCUT2D eigenvalue weighted by Gasteiger charge is 2.50. The van der Waals surface area contributed by atoms with E-state index in [2.05, 4.69) is 57.9 Å². The molecule has 4 unspecified atom stereocenters. The van der Waals surface area contributed by atoms with Crippen LogP contribution in [0.3, 0.4) is 0 Å². The van der Waals surface area contributed by atoms with Gasteiger partial charge in [0.25, 0.3) is 0 Å². The third kappa shape index (κ3) is 2.80. The van der Waals surface area contributed by atoms with Crippen molar-refractivity contribution >= 4 is 8.24 Å². The van der Waals surface area contributed by atoms with Gasteiger partial charge in [0.05, 0.1) is 0 Å². The van der Waals surface area contributed by atoms with Crippen molar-refractivity contribution in [1.29, 1.82) is 0 Å². The lowest BCUT2D eigenvalue weighted by molar-refractivity contribution is 0.0975. The first-order valence-corrected chi connectivity index (χ1v) is 11.2. The number of hydrogen-bond donors (Lipinski definition) is 1. The van der Waals surface area contributed by atoms with E-state index in [0.29, 0.717) is 18.6 Å². The van der Waals surface area contributed by atoms with Crippen LogP contribution in [0.4, 0.5) is 0 Å². The van der Waals surface area contributed by atoms with Gasteiger partial charge in [0.1, 0.15) is 8.24 Å². The van der Waals surface area contributed by atoms with Crippen LogP contribution in [0.2, 0.25) is 18.6 Å². The zero-order valence-corrected chi connectivity index (χ0v) is 15.2. The van der Waals surface area contributed by atoms with Crippen molar-refractivity contribution in [3.8, 4) is 0 Å². The monoisotopic (exact) mass is 307 g/mol. The van der Waals surface area contributed by atoms with Crippen molar-refractivity contribution in [2.24, 2.45) is 17.8 Å². The molecular weight excluding hydrogens is 278 g/mol. The second-order valence-electron chi connectivity index (χ2n) is 8.55. The summed E-state index contributed by atoms with van der Waals surface area (Å²) in [5, 5.41) is 0. The molecule has 0 aromatic heterocycles. The highest BCUT2D eigenvalue weighted by Crippen LogP contribution is 2.54. The minimum atomic E-state index is -1.54. The van der Waals surface area contributed by atoms with Gasteiger partial charge in [-0.15, -0.1) is 0 Å². The number of ether oxygens (including phenoxy) is 2. The molecule has 4 atom stereocenters. The van der Waals surface area contributed by atoms with E-state index in [1.54, 1.807) is 0 Å². The summed E-state index contributed by atoms with van der Waals surface area (Å²) in [7, 11) is -1.54. The van der Waals surface area contributed by atoms with Crippen molar-refractivity contribution in [2.45, 2.75) is 58.3 Å². The Balaban J connectivity index is 1.88. The molecule has 1 heterocycles. The highest BCUT2D eigenvalue weighted by atomic mass is 28.3. The molecule has 3 rings (SSSR count). The van der Waals surface area contributed by atoms with Crippen LogP contribution in [-0.4, -0.2) is 20.6 Å². The van der Waals surface area contributed by atoms with Gasteiger partial charge in [0, 0.05) is 5.54 Å². The number of nitrogens with one attached hydrogen (secondary N) is 1. The van der Waals surface area contributed by atoms with E-state index in [-0.39, 0.29) is 5.54 Å². The predicted molar refractivity (Wildman–Crippen MR) is 88.1 cm³/mol. The maximum Gasteiger partial charge on any atom is 0.231 e. The zero-order valence-electron chi connectivity index (χ0n) is 14.2. The SMILES string of the molecule is CC1CC2C=C3OCOC3=CC2C1[Si](C)(C)NC(C)(C)C. The summed E-state index contributed by atoms with van der Waals surface area (Å²) in [6, 6.07) is 0. The van der Waals surface area contributed by atoms with E-state index >= 15 is 0 Å². The molecule has 2 fully saturated rings. The number of fused-ring (bicyclic) bond motifs is 2. The molecule has 1 N–H and O–H groups in total. The lowest BCUT2D eigenvalue weighted by Gasteiger charge is -2.42. The van der Waals surface area contributed by atoms with E-state index in [0.717, 1.165) is 23.0 Å². The van der Waals surface area contributed by atoms with Gasteiger partial charge in [0.15, 0.2) is 11.5 Å². The van der Waals surface area contributed by atoms with Gasteiger partial charge in [-0.1, -0.05) is 20.0 Å². The van der Waals surface area contributed by atoms with Crippen LogP contribution < -0.4 is 4.98 Å². The fourth-order valence-corrected chi connectivity index (χ4v) is 9.92. The molecule has 0 radical (unpaired) electrons. The van der Waals surface area contributed by atoms with Gasteiger partial charge in [-0.3, -0.25) is 0 Å². The van der Waals surface area contributed by atoms with Gasteiger partial charge in [-0.25, -0.2) is 0 Å². The Hall–Kier alpha value is -0.743.